The number of aromatic nitrogens is 2. The van der Waals surface area contributed by atoms with Crippen LogP contribution in [0.2, 0.25) is 0 Å². The first-order valence-corrected chi connectivity index (χ1v) is 11.1. The van der Waals surface area contributed by atoms with Gasteiger partial charge in [0, 0.05) is 32.7 Å². The Labute approximate surface area is 188 Å². The molecule has 4 aromatic rings. The van der Waals surface area contributed by atoms with Crippen molar-refractivity contribution in [3.8, 4) is 0 Å². The Kier molecular flexibility index (Phi) is 5.75. The van der Waals surface area contributed by atoms with Crippen molar-refractivity contribution in [1.29, 1.82) is 0 Å². The van der Waals surface area contributed by atoms with Crippen LogP contribution in [0.1, 0.15) is 11.1 Å². The Morgan fingerprint density at radius 2 is 1.41 bits per heavy atom. The van der Waals surface area contributed by atoms with Gasteiger partial charge in [0.25, 0.3) is 0 Å². The minimum Gasteiger partial charge on any atom is -0.339 e. The van der Waals surface area contributed by atoms with Gasteiger partial charge in [-0.3, -0.25) is 0 Å². The topological polar surface area (TPSA) is 53.4 Å². The Bertz CT molecular complexity index is 1180. The molecule has 1 aromatic heterocycles. The summed E-state index contributed by atoms with van der Waals surface area (Å²) in [5.41, 5.74) is 4.49. The van der Waals surface area contributed by atoms with E-state index in [2.05, 4.69) is 57.2 Å². The quantitative estimate of drug-likeness (QED) is 0.523. The summed E-state index contributed by atoms with van der Waals surface area (Å²) in [6, 6.07) is 28.7. The third-order valence-electron chi connectivity index (χ3n) is 5.95. The first-order chi connectivity index (χ1) is 15.8. The first-order valence-electron chi connectivity index (χ1n) is 11.1. The summed E-state index contributed by atoms with van der Waals surface area (Å²) in [4.78, 5) is 21.8. The number of hydrogen-bond donors (Lipinski definition) is 1. The number of hydrogen-bond acceptors (Lipinski definition) is 3. The SMILES string of the molecule is O=C(NCc1ccccc1)N1CCN(c2nc3ccccc3n2Cc2ccccc2)CC1. The van der Waals surface area contributed by atoms with E-state index in [0.717, 1.165) is 42.2 Å². The fourth-order valence-corrected chi connectivity index (χ4v) is 4.22. The van der Waals surface area contributed by atoms with E-state index in [1.165, 1.54) is 5.56 Å². The summed E-state index contributed by atoms with van der Waals surface area (Å²) in [5, 5.41) is 3.04. The number of piperazine rings is 1. The average molecular weight is 426 g/mol. The van der Waals surface area contributed by atoms with Crippen molar-refractivity contribution in [3.63, 3.8) is 0 Å². The highest BCUT2D eigenvalue weighted by Crippen LogP contribution is 2.25. The molecule has 6 heteroatoms. The lowest BCUT2D eigenvalue weighted by molar-refractivity contribution is 0.193. The molecule has 0 spiro atoms. The van der Waals surface area contributed by atoms with Gasteiger partial charge in [-0.15, -0.1) is 0 Å². The van der Waals surface area contributed by atoms with Crippen LogP contribution >= 0.6 is 0 Å². The minimum absolute atomic E-state index is 0.00806. The normalized spacial score (nSPS) is 14.0. The number of para-hydroxylation sites is 2. The van der Waals surface area contributed by atoms with E-state index < -0.39 is 0 Å². The lowest BCUT2D eigenvalue weighted by atomic mass is 10.2. The van der Waals surface area contributed by atoms with E-state index in [1.807, 2.05) is 47.4 Å². The predicted molar refractivity (Wildman–Crippen MR) is 128 cm³/mol. The molecule has 2 amide bonds. The van der Waals surface area contributed by atoms with Gasteiger partial charge in [-0.25, -0.2) is 9.78 Å². The zero-order valence-corrected chi connectivity index (χ0v) is 18.0. The molecule has 0 bridgehead atoms. The lowest BCUT2D eigenvalue weighted by Crippen LogP contribution is -2.52. The van der Waals surface area contributed by atoms with E-state index >= 15 is 0 Å². The Morgan fingerprint density at radius 3 is 2.12 bits per heavy atom. The van der Waals surface area contributed by atoms with E-state index in [0.29, 0.717) is 19.6 Å². The second-order valence-electron chi connectivity index (χ2n) is 8.09. The van der Waals surface area contributed by atoms with Gasteiger partial charge in [0.15, 0.2) is 0 Å². The van der Waals surface area contributed by atoms with E-state index in [9.17, 15) is 4.79 Å². The highest BCUT2D eigenvalue weighted by Gasteiger charge is 2.24. The fourth-order valence-electron chi connectivity index (χ4n) is 4.22. The van der Waals surface area contributed by atoms with Crippen LogP contribution in [-0.4, -0.2) is 46.7 Å². The van der Waals surface area contributed by atoms with Gasteiger partial charge in [-0.1, -0.05) is 72.8 Å². The first kappa shape index (κ1) is 20.1. The van der Waals surface area contributed by atoms with Gasteiger partial charge < -0.3 is 19.7 Å². The van der Waals surface area contributed by atoms with Crippen LogP contribution in [0.5, 0.6) is 0 Å². The maximum atomic E-state index is 12.6. The smallest absolute Gasteiger partial charge is 0.317 e. The molecule has 5 rings (SSSR count). The maximum Gasteiger partial charge on any atom is 0.317 e. The fraction of sp³-hybridized carbons (Fsp3) is 0.231. The number of imidazole rings is 1. The summed E-state index contributed by atoms with van der Waals surface area (Å²) in [5.74, 6) is 0.972. The number of urea groups is 1. The van der Waals surface area contributed by atoms with Crippen LogP contribution in [0, 0.1) is 0 Å². The molecule has 0 aliphatic carbocycles. The van der Waals surface area contributed by atoms with Crippen molar-refractivity contribution in [1.82, 2.24) is 19.8 Å². The molecule has 1 saturated heterocycles. The van der Waals surface area contributed by atoms with Crippen molar-refractivity contribution in [3.05, 3.63) is 96.1 Å². The van der Waals surface area contributed by atoms with E-state index in [1.54, 1.807) is 0 Å². The zero-order valence-electron chi connectivity index (χ0n) is 18.0. The number of fused-ring (bicyclic) bond motifs is 1. The van der Waals surface area contributed by atoms with Crippen molar-refractivity contribution in [2.75, 3.05) is 31.1 Å². The minimum atomic E-state index is -0.00806. The van der Waals surface area contributed by atoms with Gasteiger partial charge in [-0.05, 0) is 23.3 Å². The van der Waals surface area contributed by atoms with E-state index in [4.69, 9.17) is 4.98 Å². The molecule has 1 N–H and O–H groups in total. The molecule has 0 unspecified atom stereocenters. The second kappa shape index (κ2) is 9.14. The monoisotopic (exact) mass is 425 g/mol. The number of carbonyl (C=O) groups excluding carboxylic acids is 1. The molecule has 0 saturated carbocycles. The number of benzene rings is 3. The van der Waals surface area contributed by atoms with Crippen LogP contribution in [0.3, 0.4) is 0 Å². The molecule has 1 aliphatic rings. The molecule has 1 fully saturated rings. The molecule has 32 heavy (non-hydrogen) atoms. The lowest BCUT2D eigenvalue weighted by Gasteiger charge is -2.35. The Morgan fingerprint density at radius 1 is 0.781 bits per heavy atom. The van der Waals surface area contributed by atoms with Crippen LogP contribution in [0.4, 0.5) is 10.7 Å². The number of carbonyl (C=O) groups is 1. The molecule has 2 heterocycles. The maximum absolute atomic E-state index is 12.6. The van der Waals surface area contributed by atoms with Crippen molar-refractivity contribution >= 4 is 23.0 Å². The highest BCUT2D eigenvalue weighted by molar-refractivity contribution is 5.79. The largest absolute Gasteiger partial charge is 0.339 e. The van der Waals surface area contributed by atoms with Gasteiger partial charge in [0.05, 0.1) is 17.6 Å². The Hall–Kier alpha value is -3.80. The van der Waals surface area contributed by atoms with Crippen molar-refractivity contribution in [2.45, 2.75) is 13.1 Å². The number of amides is 2. The number of nitrogens with one attached hydrogen (secondary N) is 1. The Balaban J connectivity index is 1.28. The summed E-state index contributed by atoms with van der Waals surface area (Å²) >= 11 is 0. The van der Waals surface area contributed by atoms with Gasteiger partial charge in [0.2, 0.25) is 5.95 Å². The molecule has 1 aliphatic heterocycles. The molecular formula is C26H27N5O. The molecule has 0 atom stereocenters. The van der Waals surface area contributed by atoms with E-state index in [-0.39, 0.29) is 6.03 Å². The van der Waals surface area contributed by atoms with Crippen molar-refractivity contribution < 1.29 is 4.79 Å². The third kappa shape index (κ3) is 4.30. The zero-order chi connectivity index (χ0) is 21.8. The van der Waals surface area contributed by atoms with Gasteiger partial charge in [-0.2, -0.15) is 0 Å². The van der Waals surface area contributed by atoms with Crippen molar-refractivity contribution in [2.24, 2.45) is 0 Å². The molecule has 162 valence electrons. The summed E-state index contributed by atoms with van der Waals surface area (Å²) < 4.78 is 2.29. The number of anilines is 1. The van der Waals surface area contributed by atoms with Crippen LogP contribution < -0.4 is 10.2 Å². The highest BCUT2D eigenvalue weighted by atomic mass is 16.2. The average Bonchev–Trinajstić information content (AvgIpc) is 3.22. The third-order valence-corrected chi connectivity index (χ3v) is 5.95. The molecule has 0 radical (unpaired) electrons. The predicted octanol–water partition coefficient (Wildman–Crippen LogP) is 4.12. The standard InChI is InChI=1S/C26H27N5O/c32-26(27-19-21-9-3-1-4-10-21)30-17-15-29(16-18-30)25-28-23-13-7-8-14-24(23)31(25)20-22-11-5-2-6-12-22/h1-14H,15-20H2,(H,27,32). The number of nitrogens with zero attached hydrogens (tertiary/aromatic N) is 4. The summed E-state index contributed by atoms with van der Waals surface area (Å²) in [6.45, 7) is 4.19. The van der Waals surface area contributed by atoms with Gasteiger partial charge >= 0.3 is 6.03 Å². The van der Waals surface area contributed by atoms with Crippen LogP contribution in [0.15, 0.2) is 84.9 Å². The molecular weight excluding hydrogens is 398 g/mol. The summed E-state index contributed by atoms with van der Waals surface area (Å²) in [6.07, 6.45) is 0. The molecule has 6 nitrogen and oxygen atoms in total. The van der Waals surface area contributed by atoms with Gasteiger partial charge in [0.1, 0.15) is 0 Å². The second-order valence-corrected chi connectivity index (χ2v) is 8.09. The summed E-state index contributed by atoms with van der Waals surface area (Å²) in [7, 11) is 0. The van der Waals surface area contributed by atoms with Crippen LogP contribution in [-0.2, 0) is 13.1 Å². The number of rotatable bonds is 5. The molecule has 3 aromatic carbocycles. The van der Waals surface area contributed by atoms with Crippen LogP contribution in [0.25, 0.3) is 11.0 Å².